The number of halogens is 1. The number of hydrogen-bond donors (Lipinski definition) is 0. The zero-order valence-electron chi connectivity index (χ0n) is 25.8. The largest absolute Gasteiger partial charge is 0.443 e. The van der Waals surface area contributed by atoms with E-state index in [4.69, 9.17) is 26.3 Å². The van der Waals surface area contributed by atoms with Gasteiger partial charge in [-0.25, -0.2) is 4.58 Å². The molecule has 2 atom stereocenters. The Morgan fingerprint density at radius 3 is 2.73 bits per heavy atom. The van der Waals surface area contributed by atoms with Gasteiger partial charge >= 0.3 is 11.8 Å². The maximum absolute atomic E-state index is 12.4. The van der Waals surface area contributed by atoms with Gasteiger partial charge in [-0.3, -0.25) is 9.69 Å². The van der Waals surface area contributed by atoms with Crippen LogP contribution < -0.4 is 9.64 Å². The molecule has 0 aliphatic carbocycles. The highest BCUT2D eigenvalue weighted by Crippen LogP contribution is 2.40. The van der Waals surface area contributed by atoms with Crippen molar-refractivity contribution in [2.75, 3.05) is 44.7 Å². The molecule has 0 bridgehead atoms. The fourth-order valence-corrected chi connectivity index (χ4v) is 8.28. The van der Waals surface area contributed by atoms with Crippen molar-refractivity contribution in [3.63, 3.8) is 0 Å². The molecule has 2 unspecified atom stereocenters. The Kier molecular flexibility index (Phi) is 7.96. The summed E-state index contributed by atoms with van der Waals surface area (Å²) in [5.41, 5.74) is 3.22. The quantitative estimate of drug-likeness (QED) is 0.205. The number of carbonyl (C=O) groups excluding carboxylic acids is 1. The molecule has 1 aromatic heterocycles. The number of hydrogen-bond acceptors (Lipinski definition) is 7. The number of amides is 1. The summed E-state index contributed by atoms with van der Waals surface area (Å²) in [4.78, 5) is 29.0. The van der Waals surface area contributed by atoms with E-state index >= 15 is 0 Å². The minimum atomic E-state index is -0.468. The Morgan fingerprint density at radius 2 is 1.98 bits per heavy atom. The van der Waals surface area contributed by atoms with Gasteiger partial charge in [0, 0.05) is 41.5 Å². The Balaban J connectivity index is 1.23. The average molecular weight is 625 g/mol. The van der Waals surface area contributed by atoms with Crippen LogP contribution in [0.4, 0.5) is 11.5 Å². The van der Waals surface area contributed by atoms with Crippen LogP contribution in [0, 0.1) is 17.2 Å². The Labute approximate surface area is 269 Å². The highest BCUT2D eigenvalue weighted by Gasteiger charge is 2.45. The van der Waals surface area contributed by atoms with Crippen molar-refractivity contribution in [2.45, 2.75) is 56.7 Å². The fourth-order valence-electron chi connectivity index (χ4n) is 8.00. The van der Waals surface area contributed by atoms with E-state index in [-0.39, 0.29) is 17.4 Å². The third kappa shape index (κ3) is 5.44. The number of nitriles is 1. The lowest BCUT2D eigenvalue weighted by molar-refractivity contribution is -0.407. The van der Waals surface area contributed by atoms with Crippen LogP contribution in [0.3, 0.4) is 0 Å². The molecule has 1 amide bonds. The monoisotopic (exact) mass is 624 g/mol. The molecule has 3 saturated heterocycles. The molecular weight excluding hydrogens is 586 g/mol. The van der Waals surface area contributed by atoms with Crippen LogP contribution in [-0.4, -0.2) is 87.9 Å². The number of benzene rings is 2. The zero-order valence-corrected chi connectivity index (χ0v) is 26.5. The van der Waals surface area contributed by atoms with Crippen LogP contribution >= 0.6 is 11.6 Å². The summed E-state index contributed by atoms with van der Waals surface area (Å²) in [6.45, 7) is 8.35. The molecule has 3 fully saturated rings. The molecule has 9 nitrogen and oxygen atoms in total. The molecule has 0 spiro atoms. The Bertz CT molecular complexity index is 1720. The lowest BCUT2D eigenvalue weighted by Gasteiger charge is -2.32. The number of rotatable bonds is 7. The van der Waals surface area contributed by atoms with Crippen molar-refractivity contribution >= 4 is 46.0 Å². The number of carbonyl (C=O) groups is 1. The number of aromatic nitrogens is 2. The van der Waals surface area contributed by atoms with E-state index in [1.54, 1.807) is 4.90 Å². The second kappa shape index (κ2) is 12.1. The summed E-state index contributed by atoms with van der Waals surface area (Å²) in [7, 11) is 2.00. The van der Waals surface area contributed by atoms with Crippen LogP contribution in [0.15, 0.2) is 49.1 Å². The van der Waals surface area contributed by atoms with Crippen molar-refractivity contribution in [3.05, 3.63) is 65.3 Å². The minimum Gasteiger partial charge on any atom is -0.443 e. The molecule has 5 heterocycles. The molecule has 7 rings (SSSR count). The van der Waals surface area contributed by atoms with Crippen molar-refractivity contribution < 1.29 is 14.1 Å². The third-order valence-electron chi connectivity index (χ3n) is 10.2. The lowest BCUT2D eigenvalue weighted by atomic mass is 9.95. The topological polar surface area (TPSA) is 88.6 Å². The van der Waals surface area contributed by atoms with E-state index in [1.807, 2.05) is 19.2 Å². The van der Waals surface area contributed by atoms with Crippen molar-refractivity contribution in [1.29, 1.82) is 5.26 Å². The van der Waals surface area contributed by atoms with Gasteiger partial charge in [0.25, 0.3) is 0 Å². The highest BCUT2D eigenvalue weighted by atomic mass is 35.5. The molecule has 10 heteroatoms. The van der Waals surface area contributed by atoms with Gasteiger partial charge in [-0.2, -0.15) is 10.2 Å². The fraction of sp³-hybridized carbons (Fsp3) is 0.457. The first-order valence-electron chi connectivity index (χ1n) is 16.0. The molecule has 4 aliphatic rings. The third-order valence-corrected chi connectivity index (χ3v) is 10.5. The van der Waals surface area contributed by atoms with Crippen LogP contribution in [0.2, 0.25) is 5.02 Å². The van der Waals surface area contributed by atoms with Gasteiger partial charge in [0.15, 0.2) is 0 Å². The Morgan fingerprint density at radius 1 is 1.20 bits per heavy atom. The van der Waals surface area contributed by atoms with Gasteiger partial charge in [0.2, 0.25) is 5.91 Å². The second-order valence-electron chi connectivity index (χ2n) is 12.8. The van der Waals surface area contributed by atoms with Crippen LogP contribution in [0.5, 0.6) is 6.01 Å². The van der Waals surface area contributed by atoms with E-state index in [2.05, 4.69) is 57.5 Å². The van der Waals surface area contributed by atoms with Crippen LogP contribution in [0.1, 0.15) is 43.4 Å². The molecule has 0 saturated carbocycles. The normalized spacial score (nSPS) is 22.7. The van der Waals surface area contributed by atoms with Crippen LogP contribution in [-0.2, 0) is 17.8 Å². The van der Waals surface area contributed by atoms with Crippen molar-refractivity contribution in [2.24, 2.45) is 5.92 Å². The second-order valence-corrected chi connectivity index (χ2v) is 13.3. The number of likely N-dealkylation sites (tertiary alicyclic amines) is 1. The van der Waals surface area contributed by atoms with E-state index in [9.17, 15) is 10.1 Å². The van der Waals surface area contributed by atoms with Gasteiger partial charge in [-0.15, -0.1) is 0 Å². The SMILES string of the molecule is C=CC(=O)N1CC(C=[N+](C)c2nc(OCC34CCCN3CCC4)nc3c2CCN(c2cccc4cccc(Cl)c24)C3)CC1C#N. The summed E-state index contributed by atoms with van der Waals surface area (Å²) < 4.78 is 8.55. The molecule has 2 aromatic carbocycles. The number of anilines is 1. The van der Waals surface area contributed by atoms with Gasteiger partial charge in [-0.05, 0) is 68.8 Å². The van der Waals surface area contributed by atoms with Crippen molar-refractivity contribution in [3.8, 4) is 12.1 Å². The number of nitrogens with zero attached hydrogens (tertiary/aromatic N) is 7. The van der Waals surface area contributed by atoms with E-state index < -0.39 is 6.04 Å². The first-order chi connectivity index (χ1) is 21.9. The van der Waals surface area contributed by atoms with E-state index in [0.29, 0.717) is 32.1 Å². The predicted molar refractivity (Wildman–Crippen MR) is 175 cm³/mol. The first-order valence-corrected chi connectivity index (χ1v) is 16.4. The molecule has 0 N–H and O–H groups in total. The molecule has 0 radical (unpaired) electrons. The summed E-state index contributed by atoms with van der Waals surface area (Å²) >= 11 is 6.72. The molecule has 45 heavy (non-hydrogen) atoms. The van der Waals surface area contributed by atoms with Gasteiger partial charge in [0.05, 0.1) is 47.7 Å². The molecular formula is C35H39ClN7O2+. The maximum Gasteiger partial charge on any atom is 0.434 e. The van der Waals surface area contributed by atoms with Crippen molar-refractivity contribution in [1.82, 2.24) is 19.8 Å². The highest BCUT2D eigenvalue weighted by molar-refractivity contribution is 6.36. The molecule has 3 aromatic rings. The summed E-state index contributed by atoms with van der Waals surface area (Å²) in [6.07, 6.45) is 9.42. The maximum atomic E-state index is 12.4. The lowest BCUT2D eigenvalue weighted by Crippen LogP contribution is -2.43. The summed E-state index contributed by atoms with van der Waals surface area (Å²) in [6, 6.07) is 14.6. The van der Waals surface area contributed by atoms with E-state index in [1.165, 1.54) is 18.9 Å². The van der Waals surface area contributed by atoms with Gasteiger partial charge < -0.3 is 14.5 Å². The standard InChI is InChI=1S/C35H39ClN7O2/c1-3-31(44)43-21-24(18-26(43)19-37)20-40(2)33-27-12-17-41(30-11-5-9-25-8-4-10-28(36)32(25)30)22-29(27)38-34(39-33)45-23-35-13-6-15-42(35)16-7-14-35/h3-5,8-11,20,24,26H,1,6-7,12-18,21-23H2,2H3/q+1. The summed E-state index contributed by atoms with van der Waals surface area (Å²) in [5, 5.41) is 12.6. The minimum absolute atomic E-state index is 0.0147. The van der Waals surface area contributed by atoms with Gasteiger partial charge in [-0.1, -0.05) is 42.4 Å². The number of ether oxygens (including phenoxy) is 1. The Hall–Kier alpha value is -4.00. The zero-order chi connectivity index (χ0) is 31.1. The van der Waals surface area contributed by atoms with Gasteiger partial charge in [0.1, 0.15) is 12.6 Å². The average Bonchev–Trinajstić information content (AvgIpc) is 3.77. The first kappa shape index (κ1) is 29.7. The summed E-state index contributed by atoms with van der Waals surface area (Å²) in [5.74, 6) is 0.622. The predicted octanol–water partition coefficient (Wildman–Crippen LogP) is 5.12. The molecule has 4 aliphatic heterocycles. The smallest absolute Gasteiger partial charge is 0.434 e. The number of fused-ring (bicyclic) bond motifs is 3. The van der Waals surface area contributed by atoms with E-state index in [0.717, 1.165) is 77.5 Å². The molecule has 232 valence electrons. The van der Waals surface area contributed by atoms with Crippen LogP contribution in [0.25, 0.3) is 10.8 Å².